The molecular weight excluding hydrogens is 387 g/mol. The van der Waals surface area contributed by atoms with Gasteiger partial charge in [0.25, 0.3) is 0 Å². The van der Waals surface area contributed by atoms with E-state index in [2.05, 4.69) is 69.3 Å². The van der Waals surface area contributed by atoms with E-state index in [1.165, 1.54) is 11.1 Å². The summed E-state index contributed by atoms with van der Waals surface area (Å²) >= 11 is 12.7. The quantitative estimate of drug-likeness (QED) is 0.345. The smallest absolute Gasteiger partial charge is 0.0963 e. The van der Waals surface area contributed by atoms with Crippen LogP contribution in [0.25, 0.3) is 28.2 Å². The molecule has 0 N–H and O–H groups in total. The molecule has 0 unspecified atom stereocenters. The van der Waals surface area contributed by atoms with Gasteiger partial charge in [-0.3, -0.25) is 0 Å². The van der Waals surface area contributed by atoms with Crippen molar-refractivity contribution in [2.45, 2.75) is 20.8 Å². The zero-order valence-electron chi connectivity index (χ0n) is 16.0. The summed E-state index contributed by atoms with van der Waals surface area (Å²) in [5.74, 6) is 0. The number of hydrogen-bond acceptors (Lipinski definition) is 1. The standard InChI is InChI=1S/C24H20Cl2N2/c1-15-6-4-8-18(12-15)23-17(3)24(19-9-5-7-16(2)13-19)28(27-23)22-11-10-20(25)14-21(22)26/h4-14H,1-3H3. The molecule has 0 aliphatic rings. The average Bonchev–Trinajstić information content (AvgIpc) is 2.99. The Balaban J connectivity index is 2.02. The minimum Gasteiger partial charge on any atom is -0.231 e. The molecule has 0 bridgehead atoms. The van der Waals surface area contributed by atoms with Gasteiger partial charge in [-0.25, -0.2) is 4.68 Å². The van der Waals surface area contributed by atoms with Crippen molar-refractivity contribution in [2.75, 3.05) is 0 Å². The van der Waals surface area contributed by atoms with Gasteiger partial charge in [0, 0.05) is 21.7 Å². The van der Waals surface area contributed by atoms with Crippen LogP contribution in [0.3, 0.4) is 0 Å². The van der Waals surface area contributed by atoms with Crippen LogP contribution in [0.4, 0.5) is 0 Å². The molecule has 0 radical (unpaired) electrons. The Morgan fingerprint density at radius 2 is 1.39 bits per heavy atom. The van der Waals surface area contributed by atoms with Crippen LogP contribution in [0.5, 0.6) is 0 Å². The zero-order chi connectivity index (χ0) is 19.8. The maximum absolute atomic E-state index is 6.54. The number of halogens is 2. The Labute approximate surface area is 175 Å². The van der Waals surface area contributed by atoms with Gasteiger partial charge in [-0.1, -0.05) is 70.7 Å². The molecule has 0 aliphatic heterocycles. The molecular formula is C24H20Cl2N2. The summed E-state index contributed by atoms with van der Waals surface area (Å²) < 4.78 is 1.93. The van der Waals surface area contributed by atoms with E-state index in [4.69, 9.17) is 28.3 Å². The summed E-state index contributed by atoms with van der Waals surface area (Å²) in [4.78, 5) is 0. The maximum atomic E-state index is 6.54. The second kappa shape index (κ2) is 7.46. The van der Waals surface area contributed by atoms with Crippen molar-refractivity contribution in [1.82, 2.24) is 9.78 Å². The lowest BCUT2D eigenvalue weighted by atomic mass is 10.0. The number of benzene rings is 3. The molecule has 28 heavy (non-hydrogen) atoms. The molecule has 0 saturated heterocycles. The summed E-state index contributed by atoms with van der Waals surface area (Å²) in [5.41, 5.74) is 8.50. The SMILES string of the molecule is Cc1cccc(-c2nn(-c3ccc(Cl)cc3Cl)c(-c3cccc(C)c3)c2C)c1. The molecule has 0 saturated carbocycles. The van der Waals surface area contributed by atoms with Gasteiger partial charge in [-0.05, 0) is 51.1 Å². The fourth-order valence-electron chi connectivity index (χ4n) is 3.52. The van der Waals surface area contributed by atoms with E-state index in [1.807, 2.05) is 16.8 Å². The summed E-state index contributed by atoms with van der Waals surface area (Å²) in [5, 5.41) is 6.15. The first-order valence-electron chi connectivity index (χ1n) is 9.13. The van der Waals surface area contributed by atoms with E-state index in [9.17, 15) is 0 Å². The van der Waals surface area contributed by atoms with Crippen molar-refractivity contribution in [3.63, 3.8) is 0 Å². The van der Waals surface area contributed by atoms with Crippen LogP contribution in [-0.2, 0) is 0 Å². The molecule has 0 atom stereocenters. The molecule has 3 aromatic carbocycles. The number of nitrogens with zero attached hydrogens (tertiary/aromatic N) is 2. The monoisotopic (exact) mass is 406 g/mol. The second-order valence-corrected chi connectivity index (χ2v) is 7.91. The third-order valence-electron chi connectivity index (χ3n) is 4.84. The van der Waals surface area contributed by atoms with Crippen LogP contribution < -0.4 is 0 Å². The van der Waals surface area contributed by atoms with E-state index in [0.29, 0.717) is 10.0 Å². The Bertz CT molecular complexity index is 1180. The lowest BCUT2D eigenvalue weighted by Crippen LogP contribution is -2.00. The normalized spacial score (nSPS) is 11.0. The van der Waals surface area contributed by atoms with Gasteiger partial charge < -0.3 is 0 Å². The highest BCUT2D eigenvalue weighted by Gasteiger charge is 2.20. The Morgan fingerprint density at radius 1 is 0.750 bits per heavy atom. The molecule has 0 fully saturated rings. The number of rotatable bonds is 3. The minimum absolute atomic E-state index is 0.569. The molecule has 4 rings (SSSR count). The summed E-state index contributed by atoms with van der Waals surface area (Å²) in [7, 11) is 0. The fraction of sp³-hybridized carbons (Fsp3) is 0.125. The minimum atomic E-state index is 0.569. The largest absolute Gasteiger partial charge is 0.231 e. The zero-order valence-corrected chi connectivity index (χ0v) is 17.5. The Hall–Kier alpha value is -2.55. The van der Waals surface area contributed by atoms with Crippen molar-refractivity contribution >= 4 is 23.2 Å². The van der Waals surface area contributed by atoms with E-state index < -0.39 is 0 Å². The van der Waals surface area contributed by atoms with Gasteiger partial charge in [-0.15, -0.1) is 0 Å². The van der Waals surface area contributed by atoms with Crippen molar-refractivity contribution in [1.29, 1.82) is 0 Å². The van der Waals surface area contributed by atoms with Gasteiger partial charge in [-0.2, -0.15) is 5.10 Å². The summed E-state index contributed by atoms with van der Waals surface area (Å²) in [6.45, 7) is 6.30. The highest BCUT2D eigenvalue weighted by atomic mass is 35.5. The molecule has 1 aromatic heterocycles. The Morgan fingerprint density at radius 3 is 2.04 bits per heavy atom. The fourth-order valence-corrected chi connectivity index (χ4v) is 4.01. The molecule has 4 heteroatoms. The van der Waals surface area contributed by atoms with Gasteiger partial charge in [0.1, 0.15) is 0 Å². The van der Waals surface area contributed by atoms with Gasteiger partial charge >= 0.3 is 0 Å². The van der Waals surface area contributed by atoms with Crippen LogP contribution in [-0.4, -0.2) is 9.78 Å². The molecule has 2 nitrogen and oxygen atoms in total. The predicted molar refractivity (Wildman–Crippen MR) is 119 cm³/mol. The topological polar surface area (TPSA) is 17.8 Å². The molecule has 0 spiro atoms. The first-order chi connectivity index (χ1) is 13.4. The number of aryl methyl sites for hydroxylation is 2. The number of hydrogen-bond donors (Lipinski definition) is 0. The van der Waals surface area contributed by atoms with Crippen LogP contribution in [0.2, 0.25) is 10.0 Å². The van der Waals surface area contributed by atoms with Crippen molar-refractivity contribution < 1.29 is 0 Å². The summed E-state index contributed by atoms with van der Waals surface area (Å²) in [6, 6.07) is 22.3. The third kappa shape index (κ3) is 3.46. The van der Waals surface area contributed by atoms with E-state index in [0.717, 1.165) is 33.8 Å². The first kappa shape index (κ1) is 18.8. The molecule has 0 amide bonds. The summed E-state index contributed by atoms with van der Waals surface area (Å²) in [6.07, 6.45) is 0. The van der Waals surface area contributed by atoms with E-state index in [-0.39, 0.29) is 0 Å². The van der Waals surface area contributed by atoms with Gasteiger partial charge in [0.2, 0.25) is 0 Å². The molecule has 140 valence electrons. The highest BCUT2D eigenvalue weighted by Crippen LogP contribution is 2.36. The van der Waals surface area contributed by atoms with Gasteiger partial charge in [0.05, 0.1) is 22.1 Å². The first-order valence-corrected chi connectivity index (χ1v) is 9.89. The van der Waals surface area contributed by atoms with E-state index in [1.54, 1.807) is 6.07 Å². The molecule has 1 heterocycles. The van der Waals surface area contributed by atoms with Crippen molar-refractivity contribution in [3.8, 4) is 28.2 Å². The predicted octanol–water partition coefficient (Wildman–Crippen LogP) is 7.44. The molecule has 0 aliphatic carbocycles. The van der Waals surface area contributed by atoms with Crippen LogP contribution in [0, 0.1) is 20.8 Å². The Kier molecular flexibility index (Phi) is 5.01. The maximum Gasteiger partial charge on any atom is 0.0963 e. The molecule has 4 aromatic rings. The number of aromatic nitrogens is 2. The van der Waals surface area contributed by atoms with Crippen molar-refractivity contribution in [3.05, 3.63) is 93.5 Å². The van der Waals surface area contributed by atoms with Crippen LogP contribution in [0.1, 0.15) is 16.7 Å². The van der Waals surface area contributed by atoms with Crippen LogP contribution in [0.15, 0.2) is 66.7 Å². The van der Waals surface area contributed by atoms with Crippen molar-refractivity contribution in [2.24, 2.45) is 0 Å². The van der Waals surface area contributed by atoms with Crippen LogP contribution >= 0.6 is 23.2 Å². The van der Waals surface area contributed by atoms with Gasteiger partial charge in [0.15, 0.2) is 0 Å². The average molecular weight is 407 g/mol. The van der Waals surface area contributed by atoms with E-state index >= 15 is 0 Å². The lowest BCUT2D eigenvalue weighted by Gasteiger charge is -2.11. The third-order valence-corrected chi connectivity index (χ3v) is 5.38. The second-order valence-electron chi connectivity index (χ2n) is 7.07. The highest BCUT2D eigenvalue weighted by molar-refractivity contribution is 6.35. The lowest BCUT2D eigenvalue weighted by molar-refractivity contribution is 0.891.